The summed E-state index contributed by atoms with van der Waals surface area (Å²) >= 11 is 0. The summed E-state index contributed by atoms with van der Waals surface area (Å²) in [5.74, 6) is -2.95. The average Bonchev–Trinajstić information content (AvgIpc) is 3.44. The van der Waals surface area contributed by atoms with Crippen LogP contribution in [0.5, 0.6) is 0 Å². The average molecular weight is 620 g/mol. The minimum Gasteiger partial charge on any atom is -0.481 e. The molecule has 2 fully saturated rings. The van der Waals surface area contributed by atoms with Gasteiger partial charge in [0.25, 0.3) is 0 Å². The summed E-state index contributed by atoms with van der Waals surface area (Å²) in [7, 11) is 0. The van der Waals surface area contributed by atoms with Gasteiger partial charge in [0, 0.05) is 18.6 Å². The fraction of sp³-hybridized carbons (Fsp3) is 0.438. The van der Waals surface area contributed by atoms with E-state index in [-0.39, 0.29) is 56.0 Å². The summed E-state index contributed by atoms with van der Waals surface area (Å²) in [6, 6.07) is 14.8. The summed E-state index contributed by atoms with van der Waals surface area (Å²) in [5.41, 5.74) is 12.6. The van der Waals surface area contributed by atoms with E-state index < -0.39 is 42.0 Å². The Morgan fingerprint density at radius 1 is 0.911 bits per heavy atom. The van der Waals surface area contributed by atoms with E-state index in [4.69, 9.17) is 11.5 Å². The molecule has 0 aromatic heterocycles. The van der Waals surface area contributed by atoms with Crippen LogP contribution in [0.3, 0.4) is 0 Å². The summed E-state index contributed by atoms with van der Waals surface area (Å²) < 4.78 is 0. The first-order chi connectivity index (χ1) is 21.6. The number of carboxylic acids is 1. The van der Waals surface area contributed by atoms with Crippen molar-refractivity contribution in [1.82, 2.24) is 20.9 Å². The second kappa shape index (κ2) is 15.7. The first-order valence-corrected chi connectivity index (χ1v) is 15.2. The Bertz CT molecular complexity index is 1380. The predicted octanol–water partition coefficient (Wildman–Crippen LogP) is 0.218. The van der Waals surface area contributed by atoms with Crippen LogP contribution in [0.4, 0.5) is 0 Å². The lowest BCUT2D eigenvalue weighted by Gasteiger charge is -2.38. The molecule has 0 saturated carbocycles. The van der Waals surface area contributed by atoms with E-state index >= 15 is 0 Å². The zero-order chi connectivity index (χ0) is 32.3. The van der Waals surface area contributed by atoms with Gasteiger partial charge in [-0.2, -0.15) is 0 Å². The minimum absolute atomic E-state index is 0.0361. The van der Waals surface area contributed by atoms with Gasteiger partial charge in [0.1, 0.15) is 18.1 Å². The number of hydrogen-bond donors (Lipinski definition) is 6. The number of nitrogens with one attached hydrogen (secondary N) is 3. The Hall–Kier alpha value is -4.94. The number of carbonyl (C=O) groups excluding carboxylic acids is 4. The Kier molecular flexibility index (Phi) is 11.5. The first-order valence-electron chi connectivity index (χ1n) is 15.2. The number of carboxylic acid groups (broad SMARTS) is 1. The van der Waals surface area contributed by atoms with Crippen molar-refractivity contribution in [3.05, 3.63) is 71.8 Å². The van der Waals surface area contributed by atoms with E-state index in [0.717, 1.165) is 11.1 Å². The minimum atomic E-state index is -1.09. The molecule has 240 valence electrons. The van der Waals surface area contributed by atoms with Crippen LogP contribution in [0.2, 0.25) is 0 Å². The molecule has 0 bridgehead atoms. The summed E-state index contributed by atoms with van der Waals surface area (Å²) in [6.45, 7) is 0.0361. The zero-order valence-electron chi connectivity index (χ0n) is 25.1. The van der Waals surface area contributed by atoms with E-state index in [2.05, 4.69) is 20.9 Å². The standard InChI is InChI=1S/C32H41N7O6/c33-32(34)35-16-15-24(29(43)36-22(19-28(41)42)17-20-7-3-1-4-8-20)38-30(44)26-14-12-23-11-13-25(31(45)39(23)26)37-27(40)18-21-9-5-2-6-10-21/h1-10,22-26H,11-19H2,(H,36,43)(H,37,40)(H,38,44)(H,41,42)(H4,33,34,35)/t22-,23-,24-,25?,26-/m0/s1. The van der Waals surface area contributed by atoms with Gasteiger partial charge < -0.3 is 37.4 Å². The molecular formula is C32H41N7O6. The monoisotopic (exact) mass is 619 g/mol. The molecule has 8 N–H and O–H groups in total. The van der Waals surface area contributed by atoms with Crippen LogP contribution in [0.25, 0.3) is 0 Å². The molecule has 0 radical (unpaired) electrons. The Morgan fingerprint density at radius 2 is 1.56 bits per heavy atom. The van der Waals surface area contributed by atoms with Crippen LogP contribution < -0.4 is 27.4 Å². The number of nitrogens with zero attached hydrogens (tertiary/aromatic N) is 2. The third-order valence-electron chi connectivity index (χ3n) is 8.13. The van der Waals surface area contributed by atoms with Gasteiger partial charge in [0.2, 0.25) is 23.6 Å². The molecule has 2 aromatic carbocycles. The van der Waals surface area contributed by atoms with Crippen molar-refractivity contribution in [3.8, 4) is 0 Å². The van der Waals surface area contributed by atoms with Crippen LogP contribution in [-0.2, 0) is 36.8 Å². The van der Waals surface area contributed by atoms with Crippen LogP contribution in [0, 0.1) is 0 Å². The Balaban J connectivity index is 1.43. The van der Waals surface area contributed by atoms with Crippen molar-refractivity contribution >= 4 is 35.6 Å². The fourth-order valence-electron chi connectivity index (χ4n) is 6.03. The molecule has 1 unspecified atom stereocenters. The zero-order valence-corrected chi connectivity index (χ0v) is 25.1. The van der Waals surface area contributed by atoms with E-state index in [9.17, 15) is 29.1 Å². The maximum atomic E-state index is 13.6. The van der Waals surface area contributed by atoms with E-state index in [1.165, 1.54) is 0 Å². The van der Waals surface area contributed by atoms with Gasteiger partial charge in [-0.3, -0.25) is 29.0 Å². The lowest BCUT2D eigenvalue weighted by atomic mass is 9.97. The number of fused-ring (bicyclic) bond motifs is 1. The maximum absolute atomic E-state index is 13.6. The molecule has 2 aliphatic heterocycles. The summed E-state index contributed by atoms with van der Waals surface area (Å²) in [4.78, 5) is 70.4. The highest BCUT2D eigenvalue weighted by Crippen LogP contribution is 2.33. The number of rotatable bonds is 14. The highest BCUT2D eigenvalue weighted by molar-refractivity contribution is 5.95. The van der Waals surface area contributed by atoms with Gasteiger partial charge in [-0.1, -0.05) is 60.7 Å². The van der Waals surface area contributed by atoms with Crippen molar-refractivity contribution in [3.63, 3.8) is 0 Å². The molecule has 4 rings (SSSR count). The number of benzene rings is 2. The number of carbonyl (C=O) groups is 5. The molecule has 2 aromatic rings. The highest BCUT2D eigenvalue weighted by atomic mass is 16.4. The van der Waals surface area contributed by atoms with Crippen molar-refractivity contribution in [2.45, 2.75) is 81.6 Å². The molecule has 13 heteroatoms. The second-order valence-corrected chi connectivity index (χ2v) is 11.5. The van der Waals surface area contributed by atoms with Gasteiger partial charge >= 0.3 is 5.97 Å². The number of piperidine rings is 1. The van der Waals surface area contributed by atoms with Gasteiger partial charge in [0.15, 0.2) is 5.96 Å². The van der Waals surface area contributed by atoms with E-state index in [1.54, 1.807) is 4.90 Å². The van der Waals surface area contributed by atoms with Crippen LogP contribution >= 0.6 is 0 Å². The SMILES string of the molecule is NC(N)=NCC[C@H](NC(=O)[C@@H]1CC[C@@H]2CCC(NC(=O)Cc3ccccc3)C(=O)N21)C(=O)N[C@H](CC(=O)O)Cc1ccccc1. The Labute approximate surface area is 261 Å². The Morgan fingerprint density at radius 3 is 2.20 bits per heavy atom. The van der Waals surface area contributed by atoms with Gasteiger partial charge in [-0.25, -0.2) is 0 Å². The molecular weight excluding hydrogens is 578 g/mol. The maximum Gasteiger partial charge on any atom is 0.305 e. The molecule has 2 heterocycles. The van der Waals surface area contributed by atoms with Crippen molar-refractivity contribution in [2.24, 2.45) is 16.5 Å². The third-order valence-corrected chi connectivity index (χ3v) is 8.13. The van der Waals surface area contributed by atoms with Gasteiger partial charge in [0.05, 0.1) is 12.8 Å². The first kappa shape index (κ1) is 33.0. The van der Waals surface area contributed by atoms with Crippen molar-refractivity contribution in [1.29, 1.82) is 0 Å². The van der Waals surface area contributed by atoms with Gasteiger partial charge in [-0.15, -0.1) is 0 Å². The van der Waals surface area contributed by atoms with Gasteiger partial charge in [-0.05, 0) is 49.7 Å². The fourth-order valence-corrected chi connectivity index (χ4v) is 6.03. The van der Waals surface area contributed by atoms with Crippen LogP contribution in [0.15, 0.2) is 65.7 Å². The second-order valence-electron chi connectivity index (χ2n) is 11.5. The number of guanidine groups is 1. The number of amides is 4. The molecule has 45 heavy (non-hydrogen) atoms. The summed E-state index contributed by atoms with van der Waals surface area (Å²) in [5, 5.41) is 17.8. The lowest BCUT2D eigenvalue weighted by Crippen LogP contribution is -2.60. The molecule has 2 saturated heterocycles. The van der Waals surface area contributed by atoms with Crippen molar-refractivity contribution < 1.29 is 29.1 Å². The highest BCUT2D eigenvalue weighted by Gasteiger charge is 2.46. The normalized spacial score (nSPS) is 20.3. The topological polar surface area (TPSA) is 209 Å². The summed E-state index contributed by atoms with van der Waals surface area (Å²) in [6.07, 6.45) is 2.28. The number of aliphatic carboxylic acids is 1. The number of hydrogen-bond acceptors (Lipinski definition) is 6. The molecule has 13 nitrogen and oxygen atoms in total. The molecule has 0 spiro atoms. The van der Waals surface area contributed by atoms with Crippen LogP contribution in [0.1, 0.15) is 49.7 Å². The number of nitrogens with two attached hydrogens (primary N) is 2. The third kappa shape index (κ3) is 9.52. The lowest BCUT2D eigenvalue weighted by molar-refractivity contribution is -0.146. The van der Waals surface area contributed by atoms with E-state index in [1.807, 2.05) is 60.7 Å². The molecule has 4 amide bonds. The smallest absolute Gasteiger partial charge is 0.305 e. The van der Waals surface area contributed by atoms with Crippen LogP contribution in [-0.4, -0.2) is 82.3 Å². The molecule has 0 aliphatic carbocycles. The largest absolute Gasteiger partial charge is 0.481 e. The van der Waals surface area contributed by atoms with Crippen molar-refractivity contribution in [2.75, 3.05) is 6.54 Å². The molecule has 2 aliphatic rings. The number of aliphatic imine (C=N–C) groups is 1. The van der Waals surface area contributed by atoms with E-state index in [0.29, 0.717) is 25.7 Å². The molecule has 5 atom stereocenters. The predicted molar refractivity (Wildman–Crippen MR) is 167 cm³/mol. The quantitative estimate of drug-likeness (QED) is 0.127.